The van der Waals surface area contributed by atoms with E-state index in [0.717, 1.165) is 19.3 Å². The zero-order valence-electron chi connectivity index (χ0n) is 16.7. The molecule has 0 spiro atoms. The number of aliphatic hydroxyl groups is 2. The lowest BCUT2D eigenvalue weighted by molar-refractivity contribution is -0.146. The van der Waals surface area contributed by atoms with Gasteiger partial charge in [-0.05, 0) is 51.4 Å². The molecule has 0 amide bonds. The Labute approximate surface area is 172 Å². The minimum absolute atomic E-state index is 0.0661. The molecule has 0 aromatic carbocycles. The van der Waals surface area contributed by atoms with E-state index in [1.165, 1.54) is 0 Å². The number of hydrogen-bond donors (Lipinski definition) is 3. The fourth-order valence-electron chi connectivity index (χ4n) is 3.39. The number of carbonyl (C=O) groups excluding carboxylic acids is 1. The summed E-state index contributed by atoms with van der Waals surface area (Å²) in [7, 11) is 0. The summed E-state index contributed by atoms with van der Waals surface area (Å²) in [6.45, 7) is 2.13. The first-order chi connectivity index (χ1) is 13.5. The molecule has 0 aromatic heterocycles. The number of hydrogen-bond acceptors (Lipinski definition) is 5. The van der Waals surface area contributed by atoms with Crippen molar-refractivity contribution in [2.75, 3.05) is 12.4 Å². The number of thioether (sulfide) groups is 1. The van der Waals surface area contributed by atoms with Gasteiger partial charge in [-0.1, -0.05) is 36.5 Å². The van der Waals surface area contributed by atoms with Crippen LogP contribution in [0.5, 0.6) is 0 Å². The molecule has 1 saturated carbocycles. The smallest absolute Gasteiger partial charge is 0.332 e. The van der Waals surface area contributed by atoms with Crippen LogP contribution in [0.2, 0.25) is 0 Å². The lowest BCUT2D eigenvalue weighted by Gasteiger charge is -2.19. The van der Waals surface area contributed by atoms with Gasteiger partial charge in [0.05, 0.1) is 6.61 Å². The Bertz CT molecular complexity index is 555. The van der Waals surface area contributed by atoms with Crippen LogP contribution in [0.15, 0.2) is 36.5 Å². The number of carbonyl (C=O) groups is 2. The number of carboxylic acids is 1. The Kier molecular flexibility index (Phi) is 12.9. The van der Waals surface area contributed by atoms with Crippen molar-refractivity contribution in [3.63, 3.8) is 0 Å². The molecule has 28 heavy (non-hydrogen) atoms. The lowest BCUT2D eigenvalue weighted by Crippen LogP contribution is -2.18. The third-order valence-electron chi connectivity index (χ3n) is 4.92. The van der Waals surface area contributed by atoms with E-state index in [-0.39, 0.29) is 35.9 Å². The molecule has 5 nitrogen and oxygen atoms in total. The van der Waals surface area contributed by atoms with Gasteiger partial charge in [-0.2, -0.15) is 11.8 Å². The molecule has 0 radical (unpaired) electrons. The number of unbranched alkanes of at least 4 members (excludes halogenated alkanes) is 2. The maximum atomic E-state index is 12.5. The molecule has 0 bridgehead atoms. The van der Waals surface area contributed by atoms with Gasteiger partial charge in [0, 0.05) is 23.3 Å². The van der Waals surface area contributed by atoms with Crippen LogP contribution in [0.4, 0.5) is 0 Å². The van der Waals surface area contributed by atoms with E-state index < -0.39 is 12.1 Å². The van der Waals surface area contributed by atoms with Crippen molar-refractivity contribution >= 4 is 23.5 Å². The second kappa shape index (κ2) is 14.6. The molecular weight excluding hydrogens is 376 g/mol. The average Bonchev–Trinajstić information content (AvgIpc) is 2.97. The summed E-state index contributed by atoms with van der Waals surface area (Å²) in [5, 5.41) is 27.3. The van der Waals surface area contributed by atoms with E-state index in [2.05, 4.69) is 24.3 Å². The standard InChI is InChI=1S/C22H34O5S/c1-2-3-4-5-6-8-12-18-17(20(25)16-21(18)28-15-14-23)11-9-7-10-13-19(24)22(26)27/h2-3,7-9,12,17-19,21,23-24H,4-6,10-11,13-16H2,1H3,(H,26,27)/b3-2-,9-7-,12-8+/t17-,18-,19?,21+/m1/s1. The van der Waals surface area contributed by atoms with Crippen LogP contribution in [-0.4, -0.2) is 50.8 Å². The third-order valence-corrected chi connectivity index (χ3v) is 6.24. The zero-order chi connectivity index (χ0) is 20.8. The van der Waals surface area contributed by atoms with Crippen LogP contribution in [-0.2, 0) is 9.59 Å². The fraction of sp³-hybridized carbons (Fsp3) is 0.636. The summed E-state index contributed by atoms with van der Waals surface area (Å²) < 4.78 is 0. The molecule has 0 heterocycles. The van der Waals surface area contributed by atoms with E-state index in [1.807, 2.05) is 19.1 Å². The largest absolute Gasteiger partial charge is 0.479 e. The van der Waals surface area contributed by atoms with Crippen molar-refractivity contribution in [3.05, 3.63) is 36.5 Å². The number of ketones is 1. The minimum atomic E-state index is -1.34. The van der Waals surface area contributed by atoms with Crippen LogP contribution in [0, 0.1) is 11.8 Å². The summed E-state index contributed by atoms with van der Waals surface area (Å²) in [6.07, 6.45) is 16.0. The first-order valence-corrected chi connectivity index (χ1v) is 11.1. The second-order valence-electron chi connectivity index (χ2n) is 7.05. The highest BCUT2D eigenvalue weighted by Gasteiger charge is 2.40. The van der Waals surface area contributed by atoms with Crippen molar-refractivity contribution < 1.29 is 24.9 Å². The summed E-state index contributed by atoms with van der Waals surface area (Å²) in [6, 6.07) is 0. The van der Waals surface area contributed by atoms with Gasteiger partial charge in [-0.3, -0.25) is 4.79 Å². The highest BCUT2D eigenvalue weighted by Crippen LogP contribution is 2.40. The summed E-state index contributed by atoms with van der Waals surface area (Å²) in [5.41, 5.74) is 0. The number of aliphatic hydroxyl groups excluding tert-OH is 2. The fourth-order valence-corrected chi connectivity index (χ4v) is 4.58. The average molecular weight is 411 g/mol. The van der Waals surface area contributed by atoms with Gasteiger partial charge in [0.2, 0.25) is 0 Å². The topological polar surface area (TPSA) is 94.8 Å². The zero-order valence-corrected chi connectivity index (χ0v) is 17.5. The van der Waals surface area contributed by atoms with E-state index in [4.69, 9.17) is 10.2 Å². The molecule has 4 atom stereocenters. The molecule has 158 valence electrons. The van der Waals surface area contributed by atoms with Gasteiger partial charge in [-0.25, -0.2) is 4.79 Å². The molecule has 0 aromatic rings. The number of Topliss-reactive ketones (excluding diaryl/α,β-unsaturated/α-hetero) is 1. The van der Waals surface area contributed by atoms with Crippen molar-refractivity contribution in [1.29, 1.82) is 0 Å². The SMILES string of the molecule is C/C=C\CCC/C=C/[C@H]1[C@@H](SCCO)CC(=O)[C@@H]1C/C=C\CCC(O)C(=O)O. The van der Waals surface area contributed by atoms with Gasteiger partial charge in [0.1, 0.15) is 5.78 Å². The predicted molar refractivity (Wildman–Crippen MR) is 114 cm³/mol. The lowest BCUT2D eigenvalue weighted by atomic mass is 9.91. The summed E-state index contributed by atoms with van der Waals surface area (Å²) >= 11 is 1.67. The second-order valence-corrected chi connectivity index (χ2v) is 8.40. The molecule has 0 aliphatic heterocycles. The summed E-state index contributed by atoms with van der Waals surface area (Å²) in [4.78, 5) is 23.1. The quantitative estimate of drug-likeness (QED) is 0.298. The molecule has 6 heteroatoms. The maximum Gasteiger partial charge on any atom is 0.332 e. The van der Waals surface area contributed by atoms with Crippen LogP contribution in [0.25, 0.3) is 0 Å². The highest BCUT2D eigenvalue weighted by atomic mass is 32.2. The number of aliphatic carboxylic acids is 1. The number of carboxylic acid groups (broad SMARTS) is 1. The first kappa shape index (κ1) is 24.7. The number of allylic oxidation sites excluding steroid dienone is 6. The molecule has 0 saturated heterocycles. The Balaban J connectivity index is 2.61. The van der Waals surface area contributed by atoms with E-state index >= 15 is 0 Å². The van der Waals surface area contributed by atoms with E-state index in [0.29, 0.717) is 25.0 Å². The minimum Gasteiger partial charge on any atom is -0.479 e. The van der Waals surface area contributed by atoms with Gasteiger partial charge in [0.25, 0.3) is 0 Å². The van der Waals surface area contributed by atoms with E-state index in [9.17, 15) is 14.7 Å². The van der Waals surface area contributed by atoms with Gasteiger partial charge < -0.3 is 15.3 Å². The molecule has 1 aliphatic rings. The van der Waals surface area contributed by atoms with E-state index in [1.54, 1.807) is 11.8 Å². The predicted octanol–water partition coefficient (Wildman–Crippen LogP) is 3.76. The van der Waals surface area contributed by atoms with Crippen molar-refractivity contribution in [1.82, 2.24) is 0 Å². The van der Waals surface area contributed by atoms with Gasteiger partial charge >= 0.3 is 5.97 Å². The Morgan fingerprint density at radius 3 is 2.64 bits per heavy atom. The molecule has 1 rings (SSSR count). The van der Waals surface area contributed by atoms with Crippen molar-refractivity contribution in [2.45, 2.75) is 63.2 Å². The molecule has 1 unspecified atom stereocenters. The molecule has 1 aliphatic carbocycles. The van der Waals surface area contributed by atoms with Crippen LogP contribution in [0.1, 0.15) is 51.9 Å². The maximum absolute atomic E-state index is 12.5. The Hall–Kier alpha value is -1.37. The van der Waals surface area contributed by atoms with Crippen LogP contribution >= 0.6 is 11.8 Å². The summed E-state index contributed by atoms with van der Waals surface area (Å²) in [5.74, 6) is -0.209. The highest BCUT2D eigenvalue weighted by molar-refractivity contribution is 8.00. The number of rotatable bonds is 14. The van der Waals surface area contributed by atoms with Crippen LogP contribution < -0.4 is 0 Å². The third kappa shape index (κ3) is 9.22. The van der Waals surface area contributed by atoms with Crippen LogP contribution in [0.3, 0.4) is 0 Å². The first-order valence-electron chi connectivity index (χ1n) is 10.1. The van der Waals surface area contributed by atoms with Gasteiger partial charge in [-0.15, -0.1) is 0 Å². The van der Waals surface area contributed by atoms with Gasteiger partial charge in [0.15, 0.2) is 6.10 Å². The molecule has 3 N–H and O–H groups in total. The van der Waals surface area contributed by atoms with Crippen molar-refractivity contribution in [3.8, 4) is 0 Å². The monoisotopic (exact) mass is 410 g/mol. The molecular formula is C22H34O5S. The van der Waals surface area contributed by atoms with Crippen molar-refractivity contribution in [2.24, 2.45) is 11.8 Å². The Morgan fingerprint density at radius 1 is 1.21 bits per heavy atom. The normalized spacial score (nSPS) is 24.1. The molecule has 1 fully saturated rings. The Morgan fingerprint density at radius 2 is 1.96 bits per heavy atom.